The number of allylic oxidation sites excluding steroid dienone is 1. The van der Waals surface area contributed by atoms with Crippen molar-refractivity contribution in [3.63, 3.8) is 0 Å². The highest BCUT2D eigenvalue weighted by molar-refractivity contribution is 5.05. The van der Waals surface area contributed by atoms with Crippen molar-refractivity contribution in [1.82, 2.24) is 5.32 Å². The molecule has 1 aliphatic rings. The molecule has 0 radical (unpaired) electrons. The fraction of sp³-hybridized carbons (Fsp3) is 0.455. The molecule has 2 rings (SSSR count). The van der Waals surface area contributed by atoms with Gasteiger partial charge in [0.2, 0.25) is 0 Å². The largest absolute Gasteiger partial charge is 0.472 e. The number of hydrogen-bond donors (Lipinski definition) is 1. The molecule has 0 bridgehead atoms. The average Bonchev–Trinajstić information content (AvgIpc) is 2.69. The maximum Gasteiger partial charge on any atom is 0.0947 e. The SMILES string of the molecule is C1=CCC(NCc2ccoc2)CC1. The van der Waals surface area contributed by atoms with Crippen molar-refractivity contribution < 1.29 is 4.42 Å². The zero-order chi connectivity index (χ0) is 8.93. The fourth-order valence-electron chi connectivity index (χ4n) is 1.63. The summed E-state index contributed by atoms with van der Waals surface area (Å²) in [6.07, 6.45) is 11.7. The molecule has 0 aliphatic heterocycles. The van der Waals surface area contributed by atoms with Gasteiger partial charge in [0.1, 0.15) is 0 Å². The van der Waals surface area contributed by atoms with E-state index < -0.39 is 0 Å². The van der Waals surface area contributed by atoms with Gasteiger partial charge in [0.05, 0.1) is 12.5 Å². The Kier molecular flexibility index (Phi) is 2.82. The zero-order valence-corrected chi connectivity index (χ0v) is 7.70. The lowest BCUT2D eigenvalue weighted by Crippen LogP contribution is -2.28. The third-order valence-electron chi connectivity index (χ3n) is 2.44. The minimum absolute atomic E-state index is 0.653. The molecule has 1 atom stereocenters. The first-order chi connectivity index (χ1) is 6.45. The Morgan fingerprint density at radius 1 is 1.46 bits per heavy atom. The average molecular weight is 177 g/mol. The topological polar surface area (TPSA) is 25.2 Å². The van der Waals surface area contributed by atoms with Crippen LogP contribution in [-0.2, 0) is 6.54 Å². The van der Waals surface area contributed by atoms with Crippen LogP contribution >= 0.6 is 0 Å². The number of nitrogens with one attached hydrogen (secondary N) is 1. The lowest BCUT2D eigenvalue weighted by atomic mass is 10.0. The maximum absolute atomic E-state index is 5.00. The van der Waals surface area contributed by atoms with Gasteiger partial charge in [-0.05, 0) is 25.3 Å². The number of rotatable bonds is 3. The van der Waals surface area contributed by atoms with Crippen molar-refractivity contribution >= 4 is 0 Å². The lowest BCUT2D eigenvalue weighted by molar-refractivity contribution is 0.471. The molecular formula is C11H15NO. The van der Waals surface area contributed by atoms with Crippen LogP contribution < -0.4 is 5.32 Å². The standard InChI is InChI=1S/C11H15NO/c1-2-4-11(5-3-1)12-8-10-6-7-13-9-10/h1-2,6-7,9,11-12H,3-5,8H2. The van der Waals surface area contributed by atoms with Crippen molar-refractivity contribution in [1.29, 1.82) is 0 Å². The molecule has 1 aliphatic carbocycles. The Hall–Kier alpha value is -1.02. The highest BCUT2D eigenvalue weighted by atomic mass is 16.3. The fourth-order valence-corrected chi connectivity index (χ4v) is 1.63. The first-order valence-corrected chi connectivity index (χ1v) is 4.84. The van der Waals surface area contributed by atoms with Gasteiger partial charge in [-0.1, -0.05) is 12.2 Å². The second-order valence-corrected chi connectivity index (χ2v) is 3.49. The second-order valence-electron chi connectivity index (χ2n) is 3.49. The third-order valence-corrected chi connectivity index (χ3v) is 2.44. The molecule has 1 unspecified atom stereocenters. The first kappa shape index (κ1) is 8.57. The maximum atomic E-state index is 5.00. The zero-order valence-electron chi connectivity index (χ0n) is 7.70. The van der Waals surface area contributed by atoms with Gasteiger partial charge in [-0.3, -0.25) is 0 Å². The molecular weight excluding hydrogens is 162 g/mol. The summed E-state index contributed by atoms with van der Waals surface area (Å²) in [7, 11) is 0. The van der Waals surface area contributed by atoms with Crippen LogP contribution in [0, 0.1) is 0 Å². The van der Waals surface area contributed by atoms with Gasteiger partial charge in [-0.2, -0.15) is 0 Å². The van der Waals surface area contributed by atoms with Crippen LogP contribution in [-0.4, -0.2) is 6.04 Å². The normalized spacial score (nSPS) is 22.0. The summed E-state index contributed by atoms with van der Waals surface area (Å²) < 4.78 is 5.00. The predicted octanol–water partition coefficient (Wildman–Crippen LogP) is 2.48. The molecule has 1 N–H and O–H groups in total. The van der Waals surface area contributed by atoms with Crippen molar-refractivity contribution in [3.05, 3.63) is 36.3 Å². The molecule has 0 saturated heterocycles. The molecule has 1 aromatic heterocycles. The summed E-state index contributed by atoms with van der Waals surface area (Å²) >= 11 is 0. The van der Waals surface area contributed by atoms with Crippen molar-refractivity contribution in [2.75, 3.05) is 0 Å². The summed E-state index contributed by atoms with van der Waals surface area (Å²) in [4.78, 5) is 0. The molecule has 13 heavy (non-hydrogen) atoms. The Bertz CT molecular complexity index is 264. The van der Waals surface area contributed by atoms with Gasteiger partial charge in [0, 0.05) is 18.2 Å². The van der Waals surface area contributed by atoms with Gasteiger partial charge in [0.15, 0.2) is 0 Å². The van der Waals surface area contributed by atoms with Crippen LogP contribution in [0.4, 0.5) is 0 Å². The van der Waals surface area contributed by atoms with Crippen LogP contribution in [0.25, 0.3) is 0 Å². The van der Waals surface area contributed by atoms with Gasteiger partial charge in [-0.25, -0.2) is 0 Å². The Morgan fingerprint density at radius 3 is 3.15 bits per heavy atom. The molecule has 2 heteroatoms. The van der Waals surface area contributed by atoms with Crippen molar-refractivity contribution in [2.24, 2.45) is 0 Å². The van der Waals surface area contributed by atoms with E-state index in [2.05, 4.69) is 17.5 Å². The summed E-state index contributed by atoms with van der Waals surface area (Å²) in [5, 5.41) is 3.51. The van der Waals surface area contributed by atoms with Crippen LogP contribution in [0.15, 0.2) is 35.2 Å². The van der Waals surface area contributed by atoms with E-state index in [1.807, 2.05) is 6.07 Å². The summed E-state index contributed by atoms with van der Waals surface area (Å²) in [6, 6.07) is 2.66. The minimum Gasteiger partial charge on any atom is -0.472 e. The molecule has 70 valence electrons. The Balaban J connectivity index is 1.76. The molecule has 0 amide bonds. The van der Waals surface area contributed by atoms with Crippen LogP contribution in [0.2, 0.25) is 0 Å². The molecule has 1 heterocycles. The van der Waals surface area contributed by atoms with Crippen LogP contribution in [0.1, 0.15) is 24.8 Å². The van der Waals surface area contributed by atoms with Crippen LogP contribution in [0.3, 0.4) is 0 Å². The number of furan rings is 1. The highest BCUT2D eigenvalue weighted by Gasteiger charge is 2.08. The van der Waals surface area contributed by atoms with Gasteiger partial charge >= 0.3 is 0 Å². The van der Waals surface area contributed by atoms with E-state index in [-0.39, 0.29) is 0 Å². The Morgan fingerprint density at radius 2 is 2.46 bits per heavy atom. The molecule has 0 saturated carbocycles. The lowest BCUT2D eigenvalue weighted by Gasteiger charge is -2.18. The van der Waals surface area contributed by atoms with Gasteiger partial charge in [-0.15, -0.1) is 0 Å². The molecule has 2 nitrogen and oxygen atoms in total. The van der Waals surface area contributed by atoms with Crippen molar-refractivity contribution in [2.45, 2.75) is 31.8 Å². The third kappa shape index (κ3) is 2.46. The summed E-state index contributed by atoms with van der Waals surface area (Å²) in [6.45, 7) is 0.926. The van der Waals surface area contributed by atoms with Crippen LogP contribution in [0.5, 0.6) is 0 Å². The van der Waals surface area contributed by atoms with E-state index in [1.165, 1.54) is 18.4 Å². The van der Waals surface area contributed by atoms with E-state index in [0.717, 1.165) is 13.0 Å². The quantitative estimate of drug-likeness (QED) is 0.717. The van der Waals surface area contributed by atoms with E-state index in [1.54, 1.807) is 12.5 Å². The summed E-state index contributed by atoms with van der Waals surface area (Å²) in [5.41, 5.74) is 1.23. The van der Waals surface area contributed by atoms with E-state index in [4.69, 9.17) is 4.42 Å². The molecule has 0 aromatic carbocycles. The monoisotopic (exact) mass is 177 g/mol. The van der Waals surface area contributed by atoms with Crippen molar-refractivity contribution in [3.8, 4) is 0 Å². The van der Waals surface area contributed by atoms with E-state index >= 15 is 0 Å². The first-order valence-electron chi connectivity index (χ1n) is 4.84. The van der Waals surface area contributed by atoms with E-state index in [0.29, 0.717) is 6.04 Å². The smallest absolute Gasteiger partial charge is 0.0947 e. The summed E-state index contributed by atoms with van der Waals surface area (Å²) in [5.74, 6) is 0. The minimum atomic E-state index is 0.653. The van der Waals surface area contributed by atoms with Gasteiger partial charge < -0.3 is 9.73 Å². The predicted molar refractivity (Wildman–Crippen MR) is 52.3 cm³/mol. The Labute approximate surface area is 78.6 Å². The molecule has 0 fully saturated rings. The molecule has 0 spiro atoms. The van der Waals surface area contributed by atoms with E-state index in [9.17, 15) is 0 Å². The molecule has 1 aromatic rings. The highest BCUT2D eigenvalue weighted by Crippen LogP contribution is 2.11. The second kappa shape index (κ2) is 4.28. The van der Waals surface area contributed by atoms with Gasteiger partial charge in [0.25, 0.3) is 0 Å². The number of hydrogen-bond acceptors (Lipinski definition) is 2.